The van der Waals surface area contributed by atoms with Crippen LogP contribution in [0.3, 0.4) is 0 Å². The highest BCUT2D eigenvalue weighted by atomic mass is 32.1. The van der Waals surface area contributed by atoms with Crippen LogP contribution >= 0.6 is 11.5 Å². The normalized spacial score (nSPS) is 12.4. The molecule has 0 bridgehead atoms. The first-order valence-electron chi connectivity index (χ1n) is 5.06. The first kappa shape index (κ1) is 12.3. The summed E-state index contributed by atoms with van der Waals surface area (Å²) in [6, 6.07) is 5.32. The number of carbonyl (C=O) groups is 2. The zero-order valence-electron chi connectivity index (χ0n) is 9.07. The minimum absolute atomic E-state index is 0.402. The molecule has 1 atom stereocenters. The lowest BCUT2D eigenvalue weighted by atomic mass is 10.2. The van der Waals surface area contributed by atoms with E-state index in [1.165, 1.54) is 0 Å². The average Bonchev–Trinajstić information content (AvgIpc) is 2.64. The fourth-order valence-electron chi connectivity index (χ4n) is 1.63. The van der Waals surface area contributed by atoms with Gasteiger partial charge in [0.05, 0.1) is 16.5 Å². The van der Waals surface area contributed by atoms with Gasteiger partial charge in [0, 0.05) is 0 Å². The molecular weight excluding hydrogens is 258 g/mol. The predicted octanol–water partition coefficient (Wildman–Crippen LogP) is 1.16. The Morgan fingerprint density at radius 1 is 1.28 bits per heavy atom. The summed E-state index contributed by atoms with van der Waals surface area (Å²) in [5.41, 5.74) is -0.468. The third-order valence-corrected chi connectivity index (χ3v) is 3.62. The van der Waals surface area contributed by atoms with Crippen molar-refractivity contribution in [1.82, 2.24) is 3.96 Å². The lowest BCUT2D eigenvalue weighted by Gasteiger charge is -2.08. The van der Waals surface area contributed by atoms with Crippen molar-refractivity contribution in [1.29, 1.82) is 0 Å². The minimum Gasteiger partial charge on any atom is -0.481 e. The molecule has 0 aliphatic carbocycles. The lowest BCUT2D eigenvalue weighted by molar-refractivity contribution is -0.147. The highest BCUT2D eigenvalue weighted by Crippen LogP contribution is 2.21. The number of carboxylic acid groups (broad SMARTS) is 2. The van der Waals surface area contributed by atoms with E-state index in [2.05, 4.69) is 0 Å². The number of fused-ring (bicyclic) bond motifs is 1. The lowest BCUT2D eigenvalue weighted by Crippen LogP contribution is -2.27. The molecule has 2 rings (SSSR count). The van der Waals surface area contributed by atoms with E-state index in [0.29, 0.717) is 10.1 Å². The van der Waals surface area contributed by atoms with Crippen LogP contribution in [0.4, 0.5) is 0 Å². The third-order valence-electron chi connectivity index (χ3n) is 2.45. The number of carboxylic acids is 2. The van der Waals surface area contributed by atoms with Crippen molar-refractivity contribution in [2.24, 2.45) is 0 Å². The molecule has 0 spiro atoms. The number of aromatic nitrogens is 1. The first-order valence-corrected chi connectivity index (χ1v) is 5.83. The number of nitrogens with zero attached hydrogens (tertiary/aromatic N) is 1. The summed E-state index contributed by atoms with van der Waals surface area (Å²) in [6.45, 7) is 0. The Kier molecular flexibility index (Phi) is 3.15. The molecule has 0 aliphatic rings. The maximum Gasteiger partial charge on any atom is 0.328 e. The number of hydrogen-bond acceptors (Lipinski definition) is 4. The van der Waals surface area contributed by atoms with Crippen molar-refractivity contribution >= 4 is 33.6 Å². The van der Waals surface area contributed by atoms with Gasteiger partial charge in [-0.1, -0.05) is 23.7 Å². The van der Waals surface area contributed by atoms with Crippen LogP contribution in [-0.2, 0) is 9.59 Å². The van der Waals surface area contributed by atoms with E-state index in [-0.39, 0.29) is 0 Å². The second-order valence-corrected chi connectivity index (χ2v) is 4.69. The Morgan fingerprint density at radius 3 is 2.50 bits per heavy atom. The molecule has 2 N–H and O–H groups in total. The Labute approximate surface area is 105 Å². The number of rotatable bonds is 4. The molecule has 6 nitrogen and oxygen atoms in total. The van der Waals surface area contributed by atoms with Gasteiger partial charge in [0.15, 0.2) is 6.04 Å². The summed E-state index contributed by atoms with van der Waals surface area (Å²) >= 11 is 0.962. The maximum absolute atomic E-state index is 12.0. The molecule has 0 radical (unpaired) electrons. The number of hydrogen-bond donors (Lipinski definition) is 2. The zero-order valence-corrected chi connectivity index (χ0v) is 9.88. The molecule has 1 unspecified atom stereocenters. The Balaban J connectivity index is 2.57. The van der Waals surface area contributed by atoms with Gasteiger partial charge < -0.3 is 10.2 Å². The van der Waals surface area contributed by atoms with Crippen LogP contribution in [0.15, 0.2) is 29.1 Å². The molecular formula is C11H9NO5S. The first-order chi connectivity index (χ1) is 8.50. The standard InChI is InChI=1S/C11H9NO5S/c13-9(14)5-7(11(16)17)12-10(15)6-3-1-2-4-8(6)18-12/h1-4,7H,5H2,(H,13,14)(H,16,17). The second kappa shape index (κ2) is 4.61. The van der Waals surface area contributed by atoms with Crippen LogP contribution in [0.5, 0.6) is 0 Å². The summed E-state index contributed by atoms with van der Waals surface area (Å²) in [7, 11) is 0. The molecule has 18 heavy (non-hydrogen) atoms. The van der Waals surface area contributed by atoms with Gasteiger partial charge in [-0.2, -0.15) is 0 Å². The van der Waals surface area contributed by atoms with E-state index < -0.39 is 30.0 Å². The van der Waals surface area contributed by atoms with E-state index in [4.69, 9.17) is 10.2 Å². The van der Waals surface area contributed by atoms with Crippen molar-refractivity contribution in [3.63, 3.8) is 0 Å². The van der Waals surface area contributed by atoms with Gasteiger partial charge in [-0.3, -0.25) is 9.59 Å². The zero-order chi connectivity index (χ0) is 13.3. The van der Waals surface area contributed by atoms with E-state index in [0.717, 1.165) is 15.5 Å². The van der Waals surface area contributed by atoms with Gasteiger partial charge in [0.25, 0.3) is 5.56 Å². The molecule has 1 aromatic heterocycles. The van der Waals surface area contributed by atoms with E-state index in [1.54, 1.807) is 24.3 Å². The number of aliphatic carboxylic acids is 2. The Hall–Kier alpha value is -2.15. The molecule has 1 aromatic carbocycles. The van der Waals surface area contributed by atoms with Gasteiger partial charge in [0.1, 0.15) is 0 Å². The maximum atomic E-state index is 12.0. The van der Waals surface area contributed by atoms with Crippen LogP contribution in [0.25, 0.3) is 10.1 Å². The summed E-state index contributed by atoms with van der Waals surface area (Å²) in [5.74, 6) is -2.59. The van der Waals surface area contributed by atoms with Crippen molar-refractivity contribution in [2.45, 2.75) is 12.5 Å². The largest absolute Gasteiger partial charge is 0.481 e. The van der Waals surface area contributed by atoms with Crippen molar-refractivity contribution in [3.8, 4) is 0 Å². The summed E-state index contributed by atoms with van der Waals surface area (Å²) in [5, 5.41) is 18.1. The topological polar surface area (TPSA) is 96.6 Å². The van der Waals surface area contributed by atoms with Gasteiger partial charge in [-0.05, 0) is 12.1 Å². The Bertz CT molecular complexity index is 671. The van der Waals surface area contributed by atoms with Gasteiger partial charge in [-0.15, -0.1) is 0 Å². The number of benzene rings is 1. The highest BCUT2D eigenvalue weighted by molar-refractivity contribution is 7.14. The molecule has 2 aromatic rings. The van der Waals surface area contributed by atoms with Crippen LogP contribution in [0.1, 0.15) is 12.5 Å². The monoisotopic (exact) mass is 267 g/mol. The van der Waals surface area contributed by atoms with Crippen LogP contribution < -0.4 is 5.56 Å². The molecule has 0 amide bonds. The van der Waals surface area contributed by atoms with E-state index >= 15 is 0 Å². The fraction of sp³-hybridized carbons (Fsp3) is 0.182. The summed E-state index contributed by atoms with van der Waals surface area (Å²) < 4.78 is 1.64. The molecule has 94 valence electrons. The highest BCUT2D eigenvalue weighted by Gasteiger charge is 2.26. The van der Waals surface area contributed by atoms with Gasteiger partial charge in [0.2, 0.25) is 0 Å². The smallest absolute Gasteiger partial charge is 0.328 e. The third kappa shape index (κ3) is 2.12. The molecule has 0 saturated heterocycles. The van der Waals surface area contributed by atoms with E-state index in [9.17, 15) is 14.4 Å². The minimum atomic E-state index is -1.37. The molecule has 7 heteroatoms. The summed E-state index contributed by atoms with van der Waals surface area (Å²) in [6.07, 6.45) is -0.623. The molecule has 0 aliphatic heterocycles. The Morgan fingerprint density at radius 2 is 1.94 bits per heavy atom. The van der Waals surface area contributed by atoms with Crippen molar-refractivity contribution < 1.29 is 19.8 Å². The van der Waals surface area contributed by atoms with Gasteiger partial charge in [-0.25, -0.2) is 8.75 Å². The predicted molar refractivity (Wildman–Crippen MR) is 65.0 cm³/mol. The van der Waals surface area contributed by atoms with Crippen molar-refractivity contribution in [2.75, 3.05) is 0 Å². The van der Waals surface area contributed by atoms with Crippen LogP contribution in [0, 0.1) is 0 Å². The molecule has 1 heterocycles. The quantitative estimate of drug-likeness (QED) is 0.866. The summed E-state index contributed by atoms with van der Waals surface area (Å²) in [4.78, 5) is 33.7. The van der Waals surface area contributed by atoms with E-state index in [1.807, 2.05) is 0 Å². The second-order valence-electron chi connectivity index (χ2n) is 3.67. The molecule has 0 fully saturated rings. The average molecular weight is 267 g/mol. The van der Waals surface area contributed by atoms with Gasteiger partial charge >= 0.3 is 11.9 Å². The SMILES string of the molecule is O=C(O)CC(C(=O)O)n1sc2ccccc2c1=O. The van der Waals surface area contributed by atoms with Crippen molar-refractivity contribution in [3.05, 3.63) is 34.6 Å². The van der Waals surface area contributed by atoms with Crippen LogP contribution in [0.2, 0.25) is 0 Å². The van der Waals surface area contributed by atoms with Crippen LogP contribution in [-0.4, -0.2) is 26.1 Å². The molecule has 0 saturated carbocycles. The fourth-order valence-corrected chi connectivity index (χ4v) is 2.71.